The van der Waals surface area contributed by atoms with Gasteiger partial charge in [0.15, 0.2) is 0 Å². The second kappa shape index (κ2) is 4.86. The number of para-hydroxylation sites is 1. The summed E-state index contributed by atoms with van der Waals surface area (Å²) in [6, 6.07) is 7.66. The highest BCUT2D eigenvalue weighted by molar-refractivity contribution is 7.70. The van der Waals surface area contributed by atoms with Crippen molar-refractivity contribution in [3.05, 3.63) is 24.3 Å². The molecule has 0 fully saturated rings. The van der Waals surface area contributed by atoms with Gasteiger partial charge in [-0.1, -0.05) is 12.1 Å². The van der Waals surface area contributed by atoms with Crippen LogP contribution in [0.1, 0.15) is 0 Å². The van der Waals surface area contributed by atoms with Crippen molar-refractivity contribution in [3.8, 4) is 0 Å². The van der Waals surface area contributed by atoms with Crippen molar-refractivity contribution < 1.29 is 4.57 Å². The van der Waals surface area contributed by atoms with Crippen LogP contribution in [-0.4, -0.2) is 25.8 Å². The average Bonchev–Trinajstić information content (AvgIpc) is 2.14. The van der Waals surface area contributed by atoms with Gasteiger partial charge >= 0.3 is 0 Å². The quantitative estimate of drug-likeness (QED) is 0.638. The number of nitrogens with one attached hydrogen (secondary N) is 1. The molecule has 0 atom stereocenters. The third-order valence-electron chi connectivity index (χ3n) is 1.89. The summed E-state index contributed by atoms with van der Waals surface area (Å²) in [5.74, 6) is 0.548. The summed E-state index contributed by atoms with van der Waals surface area (Å²) in [4.78, 5) is 0. The Hall–Kier alpha value is -0.460. The van der Waals surface area contributed by atoms with Gasteiger partial charge in [0, 0.05) is 23.4 Å². The summed E-state index contributed by atoms with van der Waals surface area (Å²) < 4.78 is 11.9. The van der Waals surface area contributed by atoms with Gasteiger partial charge in [0.1, 0.15) is 7.14 Å². The van der Waals surface area contributed by atoms with E-state index in [0.29, 0.717) is 12.4 Å². The first-order valence-electron chi connectivity index (χ1n) is 4.50. The third-order valence-corrected chi connectivity index (χ3v) is 3.63. The molecule has 0 heterocycles. The molecule has 1 aromatic rings. The van der Waals surface area contributed by atoms with E-state index in [4.69, 9.17) is 11.6 Å². The van der Waals surface area contributed by atoms with Crippen LogP contribution < -0.4 is 10.6 Å². The fraction of sp³-hybridized carbons (Fsp3) is 0.400. The summed E-state index contributed by atoms with van der Waals surface area (Å²) in [5.41, 5.74) is 0.932. The van der Waals surface area contributed by atoms with Gasteiger partial charge in [-0.05, 0) is 25.5 Å². The number of rotatable bonds is 4. The van der Waals surface area contributed by atoms with E-state index in [1.807, 2.05) is 24.3 Å². The molecule has 14 heavy (non-hydrogen) atoms. The maximum Gasteiger partial charge on any atom is 0.111 e. The SMILES string of the molecule is CP(C)(=O)c1ccccc1NCCCl. The van der Waals surface area contributed by atoms with E-state index in [-0.39, 0.29) is 0 Å². The lowest BCUT2D eigenvalue weighted by Crippen LogP contribution is -2.13. The minimum atomic E-state index is -2.20. The van der Waals surface area contributed by atoms with Crippen molar-refractivity contribution in [2.24, 2.45) is 0 Å². The molecule has 2 nitrogen and oxygen atoms in total. The van der Waals surface area contributed by atoms with Crippen LogP contribution >= 0.6 is 18.7 Å². The highest BCUT2D eigenvalue weighted by atomic mass is 35.5. The molecule has 1 aromatic carbocycles. The van der Waals surface area contributed by atoms with Gasteiger partial charge in [0.05, 0.1) is 0 Å². The smallest absolute Gasteiger partial charge is 0.111 e. The maximum atomic E-state index is 11.9. The van der Waals surface area contributed by atoms with E-state index in [2.05, 4.69) is 5.32 Å². The van der Waals surface area contributed by atoms with E-state index < -0.39 is 7.14 Å². The Labute approximate surface area is 90.0 Å². The van der Waals surface area contributed by atoms with Gasteiger partial charge in [-0.15, -0.1) is 11.6 Å². The van der Waals surface area contributed by atoms with E-state index in [9.17, 15) is 4.57 Å². The van der Waals surface area contributed by atoms with Crippen LogP contribution in [0, 0.1) is 0 Å². The maximum absolute atomic E-state index is 11.9. The molecule has 0 amide bonds. The number of halogens is 1. The molecular formula is C10H15ClNOP. The van der Waals surface area contributed by atoms with Crippen LogP contribution in [0.4, 0.5) is 5.69 Å². The topological polar surface area (TPSA) is 29.1 Å². The van der Waals surface area contributed by atoms with Crippen molar-refractivity contribution in [2.75, 3.05) is 31.1 Å². The van der Waals surface area contributed by atoms with E-state index in [0.717, 1.165) is 11.0 Å². The molecule has 0 spiro atoms. The molecule has 0 aliphatic rings. The van der Waals surface area contributed by atoms with E-state index >= 15 is 0 Å². The third kappa shape index (κ3) is 3.04. The predicted molar refractivity (Wildman–Crippen MR) is 64.7 cm³/mol. The molecule has 0 aliphatic carbocycles. The molecule has 0 aromatic heterocycles. The van der Waals surface area contributed by atoms with Gasteiger partial charge in [-0.3, -0.25) is 0 Å². The fourth-order valence-corrected chi connectivity index (χ4v) is 2.55. The zero-order chi connectivity index (χ0) is 10.6. The normalized spacial score (nSPS) is 11.4. The van der Waals surface area contributed by atoms with Crippen LogP contribution in [0.25, 0.3) is 0 Å². The minimum Gasteiger partial charge on any atom is -0.383 e. The summed E-state index contributed by atoms with van der Waals surface area (Å²) >= 11 is 5.59. The number of alkyl halides is 1. The molecule has 78 valence electrons. The first-order valence-corrected chi connectivity index (χ1v) is 7.63. The molecule has 0 bridgehead atoms. The van der Waals surface area contributed by atoms with Crippen molar-refractivity contribution >= 4 is 29.7 Å². The second-order valence-electron chi connectivity index (χ2n) is 3.48. The zero-order valence-electron chi connectivity index (χ0n) is 8.46. The van der Waals surface area contributed by atoms with Gasteiger partial charge < -0.3 is 9.88 Å². The Morgan fingerprint density at radius 1 is 1.36 bits per heavy atom. The Bertz CT molecular complexity index is 348. The van der Waals surface area contributed by atoms with Crippen molar-refractivity contribution in [1.82, 2.24) is 0 Å². The standard InChI is InChI=1S/C10H15ClNOP/c1-14(2,13)10-6-4-3-5-9(10)12-8-7-11/h3-6,12H,7-8H2,1-2H3. The summed E-state index contributed by atoms with van der Waals surface area (Å²) in [6.45, 7) is 4.24. The largest absolute Gasteiger partial charge is 0.383 e. The molecule has 1 N–H and O–H groups in total. The lowest BCUT2D eigenvalue weighted by molar-refractivity contribution is 0.588. The highest BCUT2D eigenvalue weighted by Gasteiger charge is 2.14. The Kier molecular flexibility index (Phi) is 4.03. The average molecular weight is 232 g/mol. The van der Waals surface area contributed by atoms with Gasteiger partial charge in [0.2, 0.25) is 0 Å². The monoisotopic (exact) mass is 231 g/mol. The lowest BCUT2D eigenvalue weighted by atomic mass is 10.3. The number of hydrogen-bond donors (Lipinski definition) is 1. The number of hydrogen-bond acceptors (Lipinski definition) is 2. The minimum absolute atomic E-state index is 0.548. The molecule has 1 rings (SSSR count). The van der Waals surface area contributed by atoms with Crippen LogP contribution in [0.3, 0.4) is 0 Å². The Morgan fingerprint density at radius 2 is 2.00 bits per heavy atom. The van der Waals surface area contributed by atoms with E-state index in [1.54, 1.807) is 13.3 Å². The number of benzene rings is 1. The first-order chi connectivity index (χ1) is 6.55. The zero-order valence-corrected chi connectivity index (χ0v) is 10.1. The molecule has 0 radical (unpaired) electrons. The van der Waals surface area contributed by atoms with Crippen molar-refractivity contribution in [3.63, 3.8) is 0 Å². The van der Waals surface area contributed by atoms with Crippen molar-refractivity contribution in [1.29, 1.82) is 0 Å². The molecule has 0 saturated carbocycles. The number of anilines is 1. The predicted octanol–water partition coefficient (Wildman–Crippen LogP) is 2.59. The summed E-state index contributed by atoms with van der Waals surface area (Å²) in [6.07, 6.45) is 0. The molecule has 0 saturated heterocycles. The van der Waals surface area contributed by atoms with Crippen LogP contribution in [0.5, 0.6) is 0 Å². The van der Waals surface area contributed by atoms with Crippen LogP contribution in [0.15, 0.2) is 24.3 Å². The molecule has 4 heteroatoms. The lowest BCUT2D eigenvalue weighted by Gasteiger charge is -2.13. The molecular weight excluding hydrogens is 217 g/mol. The fourth-order valence-electron chi connectivity index (χ4n) is 1.27. The first kappa shape index (κ1) is 11.6. The van der Waals surface area contributed by atoms with Crippen molar-refractivity contribution in [2.45, 2.75) is 0 Å². The Morgan fingerprint density at radius 3 is 2.57 bits per heavy atom. The van der Waals surface area contributed by atoms with Gasteiger partial charge in [-0.25, -0.2) is 0 Å². The van der Waals surface area contributed by atoms with Gasteiger partial charge in [0.25, 0.3) is 0 Å². The van der Waals surface area contributed by atoms with E-state index in [1.165, 1.54) is 0 Å². The van der Waals surface area contributed by atoms with Gasteiger partial charge in [-0.2, -0.15) is 0 Å². The molecule has 0 aliphatic heterocycles. The van der Waals surface area contributed by atoms with Crippen LogP contribution in [0.2, 0.25) is 0 Å². The second-order valence-corrected chi connectivity index (χ2v) is 7.05. The van der Waals surface area contributed by atoms with Crippen LogP contribution in [-0.2, 0) is 4.57 Å². The summed E-state index contributed by atoms with van der Waals surface area (Å²) in [7, 11) is -2.20. The molecule has 0 unspecified atom stereocenters. The summed E-state index contributed by atoms with van der Waals surface area (Å²) in [5, 5.41) is 4.06. The Balaban J connectivity index is 2.98. The highest BCUT2D eigenvalue weighted by Crippen LogP contribution is 2.37.